The summed E-state index contributed by atoms with van der Waals surface area (Å²) in [6.07, 6.45) is 1.91. The Morgan fingerprint density at radius 3 is 2.22 bits per heavy atom. The number of likely N-dealkylation sites (tertiary alicyclic amines) is 1. The van der Waals surface area contributed by atoms with Crippen LogP contribution in [-0.2, 0) is 22.0 Å². The summed E-state index contributed by atoms with van der Waals surface area (Å²) in [4.78, 5) is 28.8. The first-order chi connectivity index (χ1) is 22.3. The van der Waals surface area contributed by atoms with Crippen molar-refractivity contribution in [3.05, 3.63) is 135 Å². The number of carbonyl (C=O) groups excluding carboxylic acids is 1. The summed E-state index contributed by atoms with van der Waals surface area (Å²) < 4.78 is 5.93. The number of allylic oxidation sites excluding steroid dienone is 3. The predicted octanol–water partition coefficient (Wildman–Crippen LogP) is 5.14. The molecule has 2 aliphatic rings. The predicted molar refractivity (Wildman–Crippen MR) is 173 cm³/mol. The molecule has 6 rings (SSSR count). The first-order valence-electron chi connectivity index (χ1n) is 15.4. The number of piperidine rings is 1. The van der Waals surface area contributed by atoms with Crippen LogP contribution < -0.4 is 5.32 Å². The van der Waals surface area contributed by atoms with E-state index in [-0.39, 0.29) is 17.7 Å². The minimum atomic E-state index is -0.690. The Morgan fingerprint density at radius 1 is 0.978 bits per heavy atom. The van der Waals surface area contributed by atoms with Gasteiger partial charge in [-0.05, 0) is 61.7 Å². The lowest BCUT2D eigenvalue weighted by Gasteiger charge is -2.43. The highest BCUT2D eigenvalue weighted by Gasteiger charge is 2.39. The lowest BCUT2D eigenvalue weighted by atomic mass is 9.68. The quantitative estimate of drug-likeness (QED) is 0.154. The van der Waals surface area contributed by atoms with Crippen LogP contribution in [0.3, 0.4) is 0 Å². The molecule has 0 bridgehead atoms. The van der Waals surface area contributed by atoms with E-state index in [9.17, 15) is 14.9 Å². The fourth-order valence-corrected chi connectivity index (χ4v) is 6.87. The van der Waals surface area contributed by atoms with E-state index in [1.165, 1.54) is 28.1 Å². The number of non-ortho nitro benzene ring substituents is 1. The lowest BCUT2D eigenvalue weighted by Crippen LogP contribution is -2.44. The van der Waals surface area contributed by atoms with Crippen molar-refractivity contribution >= 4 is 17.2 Å². The first kappa shape index (κ1) is 30.8. The fourth-order valence-electron chi connectivity index (χ4n) is 6.87. The van der Waals surface area contributed by atoms with Gasteiger partial charge < -0.3 is 10.1 Å². The van der Waals surface area contributed by atoms with Gasteiger partial charge in [0.05, 0.1) is 17.5 Å². The van der Waals surface area contributed by atoms with Crippen molar-refractivity contribution in [2.75, 3.05) is 26.2 Å². The molecule has 1 aromatic heterocycles. The zero-order valence-electron chi connectivity index (χ0n) is 26.2. The van der Waals surface area contributed by atoms with E-state index in [0.29, 0.717) is 34.8 Å². The Labute approximate surface area is 267 Å². The molecule has 46 heavy (non-hydrogen) atoms. The van der Waals surface area contributed by atoms with E-state index >= 15 is 0 Å². The number of tetrazole rings is 1. The van der Waals surface area contributed by atoms with Gasteiger partial charge in [0, 0.05) is 47.0 Å². The molecule has 0 amide bonds. The molecule has 1 fully saturated rings. The van der Waals surface area contributed by atoms with Gasteiger partial charge in [0.1, 0.15) is 6.61 Å². The largest absolute Gasteiger partial charge is 0.461 e. The number of aromatic nitrogens is 4. The molecule has 3 heterocycles. The van der Waals surface area contributed by atoms with Gasteiger partial charge in [0.15, 0.2) is 0 Å². The van der Waals surface area contributed by atoms with E-state index in [1.54, 1.807) is 19.2 Å². The van der Waals surface area contributed by atoms with E-state index in [4.69, 9.17) is 4.74 Å². The maximum absolute atomic E-state index is 13.9. The van der Waals surface area contributed by atoms with E-state index in [0.717, 1.165) is 31.6 Å². The Balaban J connectivity index is 1.19. The van der Waals surface area contributed by atoms with Crippen molar-refractivity contribution in [2.45, 2.75) is 38.0 Å². The third-order valence-electron chi connectivity index (χ3n) is 9.15. The molecule has 2 aliphatic heterocycles. The summed E-state index contributed by atoms with van der Waals surface area (Å²) in [6, 6.07) is 27.7. The Morgan fingerprint density at radius 2 is 1.63 bits per heavy atom. The molecule has 3 aromatic carbocycles. The number of benzene rings is 3. The van der Waals surface area contributed by atoms with Crippen LogP contribution in [-0.4, -0.2) is 62.2 Å². The van der Waals surface area contributed by atoms with Gasteiger partial charge in [-0.3, -0.25) is 15.0 Å². The maximum atomic E-state index is 13.9. The molecule has 0 aliphatic carbocycles. The molecule has 0 radical (unpaired) electrons. The number of esters is 1. The fraction of sp³-hybridized carbons (Fsp3) is 0.314. The highest BCUT2D eigenvalue weighted by atomic mass is 16.6. The van der Waals surface area contributed by atoms with Gasteiger partial charge in [0.25, 0.3) is 5.69 Å². The van der Waals surface area contributed by atoms with Gasteiger partial charge in [-0.25, -0.2) is 4.79 Å². The third kappa shape index (κ3) is 6.05. The number of nitrogens with one attached hydrogen (secondary N) is 1. The van der Waals surface area contributed by atoms with E-state index in [1.807, 2.05) is 13.8 Å². The van der Waals surface area contributed by atoms with Gasteiger partial charge in [-0.1, -0.05) is 72.8 Å². The molecule has 1 saturated heterocycles. The number of hydrogen-bond acceptors (Lipinski definition) is 9. The number of aryl methyl sites for hydroxylation is 1. The van der Waals surface area contributed by atoms with Crippen LogP contribution in [0.5, 0.6) is 0 Å². The summed E-state index contributed by atoms with van der Waals surface area (Å²) >= 11 is 0. The molecule has 0 saturated carbocycles. The first-order valence-corrected chi connectivity index (χ1v) is 15.4. The van der Waals surface area contributed by atoms with Gasteiger partial charge >= 0.3 is 5.97 Å². The summed E-state index contributed by atoms with van der Waals surface area (Å²) in [7, 11) is 1.66. The number of rotatable bonds is 9. The van der Waals surface area contributed by atoms with Gasteiger partial charge in [-0.15, -0.1) is 10.2 Å². The number of hydrogen-bond donors (Lipinski definition) is 1. The van der Waals surface area contributed by atoms with Crippen molar-refractivity contribution in [3.8, 4) is 0 Å². The molecule has 1 atom stereocenters. The maximum Gasteiger partial charge on any atom is 0.336 e. The van der Waals surface area contributed by atoms with E-state index < -0.39 is 16.8 Å². The van der Waals surface area contributed by atoms with Crippen LogP contribution in [0, 0.1) is 10.1 Å². The van der Waals surface area contributed by atoms with Crippen LogP contribution in [0.2, 0.25) is 0 Å². The van der Waals surface area contributed by atoms with Crippen LogP contribution in [0.4, 0.5) is 5.69 Å². The van der Waals surface area contributed by atoms with Crippen LogP contribution in [0.15, 0.2) is 102 Å². The molecule has 0 spiro atoms. The third-order valence-corrected chi connectivity index (χ3v) is 9.15. The Hall–Kier alpha value is -5.16. The van der Waals surface area contributed by atoms with Crippen LogP contribution >= 0.6 is 0 Å². The second-order valence-electron chi connectivity index (χ2n) is 11.9. The molecule has 4 aromatic rings. The summed E-state index contributed by atoms with van der Waals surface area (Å²) in [6.45, 7) is 6.21. The number of nitro groups is 1. The average molecular weight is 620 g/mol. The Kier molecular flexibility index (Phi) is 8.76. The van der Waals surface area contributed by atoms with Crippen molar-refractivity contribution in [1.82, 2.24) is 30.4 Å². The minimum absolute atomic E-state index is 0.0636. The van der Waals surface area contributed by atoms with Crippen molar-refractivity contribution in [2.24, 2.45) is 7.05 Å². The average Bonchev–Trinajstić information content (AvgIpc) is 3.51. The topological polar surface area (TPSA) is 128 Å². The number of nitro benzene ring substituents is 1. The summed E-state index contributed by atoms with van der Waals surface area (Å²) in [5.41, 5.74) is 5.39. The number of dihydropyridines is 1. The molecule has 236 valence electrons. The monoisotopic (exact) mass is 619 g/mol. The lowest BCUT2D eigenvalue weighted by molar-refractivity contribution is -0.384. The molecule has 1 unspecified atom stereocenters. The standard InChI is InChI=1S/C35H37N7O4/c1-24-30(33-37-39-40(3)38-33)32(26-11-10-16-29(23-26)42(44)45)31(25(2)36-24)34(43)46-22-21-41-19-17-35(18-20-41,27-12-6-4-7-13-27)28-14-8-5-9-15-28/h4-16,23,32,36H,17-22H2,1-3H3. The highest BCUT2D eigenvalue weighted by molar-refractivity contribution is 5.97. The zero-order valence-corrected chi connectivity index (χ0v) is 26.2. The normalized spacial score (nSPS) is 18.3. The van der Waals surface area contributed by atoms with Gasteiger partial charge in [0.2, 0.25) is 5.82 Å². The smallest absolute Gasteiger partial charge is 0.336 e. The molecule has 1 N–H and O–H groups in total. The molecular formula is C35H37N7O4. The second kappa shape index (κ2) is 13.1. The molecule has 11 heteroatoms. The Bertz CT molecular complexity index is 1750. The van der Waals surface area contributed by atoms with Crippen molar-refractivity contribution in [3.63, 3.8) is 0 Å². The van der Waals surface area contributed by atoms with Crippen LogP contribution in [0.25, 0.3) is 5.57 Å². The van der Waals surface area contributed by atoms with Gasteiger partial charge in [-0.2, -0.15) is 4.80 Å². The number of ether oxygens (including phenoxy) is 1. The number of carbonyl (C=O) groups is 1. The van der Waals surface area contributed by atoms with E-state index in [2.05, 4.69) is 86.3 Å². The zero-order chi connectivity index (χ0) is 32.3. The molecular weight excluding hydrogens is 582 g/mol. The second-order valence-corrected chi connectivity index (χ2v) is 11.9. The molecule has 11 nitrogen and oxygen atoms in total. The van der Waals surface area contributed by atoms with Crippen LogP contribution in [0.1, 0.15) is 55.1 Å². The number of nitrogens with zero attached hydrogens (tertiary/aromatic N) is 6. The minimum Gasteiger partial charge on any atom is -0.461 e. The van der Waals surface area contributed by atoms with Crippen molar-refractivity contribution in [1.29, 1.82) is 0 Å². The summed E-state index contributed by atoms with van der Waals surface area (Å²) in [5, 5.41) is 27.5. The highest BCUT2D eigenvalue weighted by Crippen LogP contribution is 2.44. The SMILES string of the molecule is CC1=C(C(=O)OCCN2CCC(c3ccccc3)(c3ccccc3)CC2)C(c2cccc([N+](=O)[O-])c2)C(c2nnn(C)n2)=C(C)N1. The summed E-state index contributed by atoms with van der Waals surface area (Å²) in [5.74, 6) is -0.851. The van der Waals surface area contributed by atoms with Crippen molar-refractivity contribution < 1.29 is 14.5 Å².